The normalized spacial score (nSPS) is 11.1. The number of hydrogen-bond acceptors (Lipinski definition) is 5. The third-order valence-electron chi connectivity index (χ3n) is 3.13. The first-order chi connectivity index (χ1) is 11.0. The van der Waals surface area contributed by atoms with Gasteiger partial charge in [0.25, 0.3) is 5.56 Å². The maximum absolute atomic E-state index is 12.6. The zero-order valence-corrected chi connectivity index (χ0v) is 14.4. The molecule has 2 aromatic rings. The Bertz CT molecular complexity index is 743. The lowest BCUT2D eigenvalue weighted by molar-refractivity contribution is -0.119. The van der Waals surface area contributed by atoms with Gasteiger partial charge in [-0.3, -0.25) is 14.2 Å². The van der Waals surface area contributed by atoms with Crippen molar-refractivity contribution in [1.29, 1.82) is 0 Å². The molecule has 7 heteroatoms. The summed E-state index contributed by atoms with van der Waals surface area (Å²) in [6, 6.07) is 7.30. The number of carbonyl (C=O) groups excluding carboxylic acids is 1. The molecular formula is C16H21N3O3S. The lowest BCUT2D eigenvalue weighted by Gasteiger charge is -2.13. The van der Waals surface area contributed by atoms with Gasteiger partial charge in [0.05, 0.1) is 29.8 Å². The van der Waals surface area contributed by atoms with Crippen molar-refractivity contribution in [2.75, 3.05) is 19.5 Å². The summed E-state index contributed by atoms with van der Waals surface area (Å²) in [6.45, 7) is 4.63. The maximum atomic E-state index is 12.6. The summed E-state index contributed by atoms with van der Waals surface area (Å²) in [5.74, 6) is 0.140. The van der Waals surface area contributed by atoms with Crippen molar-refractivity contribution in [3.05, 3.63) is 34.6 Å². The van der Waals surface area contributed by atoms with Gasteiger partial charge in [-0.2, -0.15) is 0 Å². The van der Waals surface area contributed by atoms with Crippen molar-refractivity contribution in [3.63, 3.8) is 0 Å². The number of fused-ring (bicyclic) bond motifs is 1. The van der Waals surface area contributed by atoms with Gasteiger partial charge in [-0.15, -0.1) is 0 Å². The number of benzene rings is 1. The zero-order chi connectivity index (χ0) is 16.8. The summed E-state index contributed by atoms with van der Waals surface area (Å²) in [6.07, 6.45) is 0. The van der Waals surface area contributed by atoms with E-state index in [2.05, 4.69) is 10.3 Å². The summed E-state index contributed by atoms with van der Waals surface area (Å²) in [7, 11) is 1.59. The fourth-order valence-corrected chi connectivity index (χ4v) is 2.97. The van der Waals surface area contributed by atoms with Gasteiger partial charge < -0.3 is 10.1 Å². The molecule has 0 atom stereocenters. The maximum Gasteiger partial charge on any atom is 0.262 e. The molecule has 23 heavy (non-hydrogen) atoms. The lowest BCUT2D eigenvalue weighted by Crippen LogP contribution is -2.32. The first kappa shape index (κ1) is 17.5. The number of carbonyl (C=O) groups is 1. The highest BCUT2D eigenvalue weighted by atomic mass is 32.2. The van der Waals surface area contributed by atoms with Gasteiger partial charge in [0, 0.05) is 13.2 Å². The van der Waals surface area contributed by atoms with Crippen LogP contribution in [0.4, 0.5) is 0 Å². The topological polar surface area (TPSA) is 73.2 Å². The van der Waals surface area contributed by atoms with Crippen LogP contribution in [0.15, 0.2) is 34.2 Å². The van der Waals surface area contributed by atoms with E-state index in [0.717, 1.165) is 0 Å². The standard InChI is InChI=1S/C16H21N3O3S/c1-11(2)17-14(20)10-23-16-18-13-7-5-4-6-12(13)15(21)19(16)8-9-22-3/h4-7,11H,8-10H2,1-3H3,(H,17,20). The van der Waals surface area contributed by atoms with Gasteiger partial charge in [0.15, 0.2) is 5.16 Å². The number of aromatic nitrogens is 2. The number of methoxy groups -OCH3 is 1. The highest BCUT2D eigenvalue weighted by Crippen LogP contribution is 2.17. The second kappa shape index (κ2) is 8.12. The van der Waals surface area contributed by atoms with E-state index in [4.69, 9.17) is 4.74 Å². The Kier molecular flexibility index (Phi) is 6.18. The average molecular weight is 335 g/mol. The van der Waals surface area contributed by atoms with E-state index in [1.165, 1.54) is 11.8 Å². The van der Waals surface area contributed by atoms with Gasteiger partial charge in [-0.1, -0.05) is 23.9 Å². The molecule has 0 radical (unpaired) electrons. The highest BCUT2D eigenvalue weighted by molar-refractivity contribution is 7.99. The van der Waals surface area contributed by atoms with Crippen LogP contribution in [-0.4, -0.2) is 41.0 Å². The molecule has 1 heterocycles. The van der Waals surface area contributed by atoms with Crippen LogP contribution in [-0.2, 0) is 16.1 Å². The van der Waals surface area contributed by atoms with E-state index in [-0.39, 0.29) is 23.3 Å². The second-order valence-electron chi connectivity index (χ2n) is 5.37. The molecule has 0 saturated heterocycles. The second-order valence-corrected chi connectivity index (χ2v) is 6.31. The third-order valence-corrected chi connectivity index (χ3v) is 4.10. The highest BCUT2D eigenvalue weighted by Gasteiger charge is 2.13. The Morgan fingerprint density at radius 3 is 2.83 bits per heavy atom. The molecule has 0 aliphatic heterocycles. The molecule has 2 rings (SSSR count). The molecule has 124 valence electrons. The molecule has 0 spiro atoms. The largest absolute Gasteiger partial charge is 0.383 e. The fourth-order valence-electron chi connectivity index (χ4n) is 2.13. The lowest BCUT2D eigenvalue weighted by atomic mass is 10.2. The molecular weight excluding hydrogens is 314 g/mol. The van der Waals surface area contributed by atoms with Crippen molar-refractivity contribution < 1.29 is 9.53 Å². The predicted octanol–water partition coefficient (Wildman–Crippen LogP) is 1.66. The quantitative estimate of drug-likeness (QED) is 0.615. The van der Waals surface area contributed by atoms with E-state index in [9.17, 15) is 9.59 Å². The van der Waals surface area contributed by atoms with Gasteiger partial charge in [0.2, 0.25) is 5.91 Å². The van der Waals surface area contributed by atoms with Crippen LogP contribution in [0.25, 0.3) is 10.9 Å². The number of ether oxygens (including phenoxy) is 1. The summed E-state index contributed by atoms with van der Waals surface area (Å²) < 4.78 is 6.64. The molecule has 0 saturated carbocycles. The van der Waals surface area contributed by atoms with Crippen molar-refractivity contribution in [2.24, 2.45) is 0 Å². The molecule has 0 aliphatic rings. The summed E-state index contributed by atoms with van der Waals surface area (Å²) in [4.78, 5) is 29.0. The molecule has 1 N–H and O–H groups in total. The van der Waals surface area contributed by atoms with E-state index in [1.807, 2.05) is 26.0 Å². The summed E-state index contributed by atoms with van der Waals surface area (Å²) in [5.41, 5.74) is 0.525. The van der Waals surface area contributed by atoms with Crippen molar-refractivity contribution in [1.82, 2.24) is 14.9 Å². The Morgan fingerprint density at radius 1 is 1.39 bits per heavy atom. The van der Waals surface area contributed by atoms with Crippen molar-refractivity contribution in [3.8, 4) is 0 Å². The van der Waals surface area contributed by atoms with Gasteiger partial charge in [-0.05, 0) is 26.0 Å². The first-order valence-corrected chi connectivity index (χ1v) is 8.42. The first-order valence-electron chi connectivity index (χ1n) is 7.43. The minimum atomic E-state index is -0.112. The van der Waals surface area contributed by atoms with Gasteiger partial charge in [0.1, 0.15) is 0 Å². The minimum absolute atomic E-state index is 0.0781. The number of amides is 1. The number of para-hydroxylation sites is 1. The van der Waals surface area contributed by atoms with Crippen LogP contribution < -0.4 is 10.9 Å². The molecule has 0 bridgehead atoms. The number of hydrogen-bond donors (Lipinski definition) is 1. The number of nitrogens with one attached hydrogen (secondary N) is 1. The molecule has 1 aromatic heterocycles. The predicted molar refractivity (Wildman–Crippen MR) is 91.9 cm³/mol. The van der Waals surface area contributed by atoms with Crippen molar-refractivity contribution in [2.45, 2.75) is 31.6 Å². The molecule has 0 fully saturated rings. The van der Waals surface area contributed by atoms with Crippen LogP contribution >= 0.6 is 11.8 Å². The van der Waals surface area contributed by atoms with Crippen LogP contribution in [0.3, 0.4) is 0 Å². The molecule has 1 aromatic carbocycles. The Labute approximate surface area is 139 Å². The molecule has 0 unspecified atom stereocenters. The molecule has 0 aliphatic carbocycles. The monoisotopic (exact) mass is 335 g/mol. The van der Waals surface area contributed by atoms with Crippen LogP contribution in [0.2, 0.25) is 0 Å². The minimum Gasteiger partial charge on any atom is -0.383 e. The Hall–Kier alpha value is -1.86. The smallest absolute Gasteiger partial charge is 0.262 e. The Balaban J connectivity index is 2.32. The number of thioether (sulfide) groups is 1. The van der Waals surface area contributed by atoms with E-state index in [0.29, 0.717) is 29.2 Å². The van der Waals surface area contributed by atoms with E-state index in [1.54, 1.807) is 23.8 Å². The van der Waals surface area contributed by atoms with Crippen molar-refractivity contribution >= 4 is 28.6 Å². The van der Waals surface area contributed by atoms with Gasteiger partial charge in [-0.25, -0.2) is 4.98 Å². The van der Waals surface area contributed by atoms with E-state index < -0.39 is 0 Å². The molecule has 6 nitrogen and oxygen atoms in total. The molecule has 1 amide bonds. The SMILES string of the molecule is COCCn1c(SCC(=O)NC(C)C)nc2ccccc2c1=O. The average Bonchev–Trinajstić information content (AvgIpc) is 2.51. The number of rotatable bonds is 7. The number of nitrogens with zero attached hydrogens (tertiary/aromatic N) is 2. The van der Waals surface area contributed by atoms with Crippen LogP contribution in [0.1, 0.15) is 13.8 Å². The van der Waals surface area contributed by atoms with E-state index >= 15 is 0 Å². The zero-order valence-electron chi connectivity index (χ0n) is 13.5. The summed E-state index contributed by atoms with van der Waals surface area (Å²) in [5, 5.41) is 3.93. The fraction of sp³-hybridized carbons (Fsp3) is 0.438. The summed E-state index contributed by atoms with van der Waals surface area (Å²) >= 11 is 1.26. The van der Waals surface area contributed by atoms with Gasteiger partial charge >= 0.3 is 0 Å². The van der Waals surface area contributed by atoms with Crippen LogP contribution in [0, 0.1) is 0 Å². The third kappa shape index (κ3) is 4.56. The Morgan fingerprint density at radius 2 is 2.13 bits per heavy atom. The van der Waals surface area contributed by atoms with Crippen LogP contribution in [0.5, 0.6) is 0 Å².